The number of aliphatic hydroxyl groups excluding tert-OH is 1. The van der Waals surface area contributed by atoms with Crippen molar-refractivity contribution in [3.8, 4) is 0 Å². The summed E-state index contributed by atoms with van der Waals surface area (Å²) >= 11 is 6.11. The number of benzene rings is 1. The van der Waals surface area contributed by atoms with Crippen LogP contribution in [-0.2, 0) is 9.47 Å². The number of methoxy groups -OCH3 is 1. The summed E-state index contributed by atoms with van der Waals surface area (Å²) in [4.78, 5) is 0. The Morgan fingerprint density at radius 3 is 2.74 bits per heavy atom. The Morgan fingerprint density at radius 2 is 2.05 bits per heavy atom. The molecule has 0 aliphatic carbocycles. The second-order valence-electron chi connectivity index (χ2n) is 4.37. The third-order valence-corrected chi connectivity index (χ3v) is 3.12. The molecule has 1 rings (SSSR count). The fourth-order valence-corrected chi connectivity index (χ4v) is 1.97. The van der Waals surface area contributed by atoms with E-state index in [2.05, 4.69) is 5.32 Å². The molecule has 2 unspecified atom stereocenters. The number of aliphatic hydroxyl groups is 1. The van der Waals surface area contributed by atoms with Crippen LogP contribution in [-0.4, -0.2) is 44.7 Å². The Hall–Kier alpha value is -0.650. The third-order valence-electron chi connectivity index (χ3n) is 2.77. The molecule has 0 amide bonds. The molecule has 19 heavy (non-hydrogen) atoms. The van der Waals surface area contributed by atoms with Gasteiger partial charge in [0.15, 0.2) is 0 Å². The maximum Gasteiger partial charge on any atom is 0.0897 e. The van der Waals surface area contributed by atoms with Crippen molar-refractivity contribution < 1.29 is 14.6 Å². The summed E-state index contributed by atoms with van der Waals surface area (Å²) in [5.41, 5.74) is 1.02. The van der Waals surface area contributed by atoms with Gasteiger partial charge in [0.05, 0.1) is 25.9 Å². The van der Waals surface area contributed by atoms with Crippen LogP contribution in [0.3, 0.4) is 0 Å². The highest BCUT2D eigenvalue weighted by atomic mass is 35.5. The van der Waals surface area contributed by atoms with Gasteiger partial charge in [-0.15, -0.1) is 0 Å². The second kappa shape index (κ2) is 9.28. The van der Waals surface area contributed by atoms with E-state index in [-0.39, 0.29) is 6.04 Å². The van der Waals surface area contributed by atoms with Crippen LogP contribution in [0.2, 0.25) is 5.02 Å². The SMILES string of the molecule is COCCOCC(O)CNC(C)c1ccccc1Cl. The Kier molecular flexibility index (Phi) is 8.02. The number of nitrogens with one attached hydrogen (secondary N) is 1. The fourth-order valence-electron chi connectivity index (χ4n) is 1.67. The van der Waals surface area contributed by atoms with E-state index in [4.69, 9.17) is 21.1 Å². The molecule has 0 spiro atoms. The van der Waals surface area contributed by atoms with Crippen molar-refractivity contribution >= 4 is 11.6 Å². The Bertz CT molecular complexity index is 362. The molecule has 5 heteroatoms. The molecular weight excluding hydrogens is 266 g/mol. The van der Waals surface area contributed by atoms with Crippen molar-refractivity contribution in [2.45, 2.75) is 19.1 Å². The molecule has 0 heterocycles. The van der Waals surface area contributed by atoms with E-state index in [0.717, 1.165) is 10.6 Å². The molecule has 0 bridgehead atoms. The van der Waals surface area contributed by atoms with Crippen molar-refractivity contribution in [3.63, 3.8) is 0 Å². The molecule has 0 fully saturated rings. The van der Waals surface area contributed by atoms with E-state index in [0.29, 0.717) is 26.4 Å². The number of hydrogen-bond acceptors (Lipinski definition) is 4. The Labute approximate surface area is 119 Å². The van der Waals surface area contributed by atoms with Gasteiger partial charge in [-0.05, 0) is 18.6 Å². The summed E-state index contributed by atoms with van der Waals surface area (Å²) in [7, 11) is 1.62. The predicted octanol–water partition coefficient (Wildman–Crippen LogP) is 2.01. The van der Waals surface area contributed by atoms with Crippen LogP contribution in [0.15, 0.2) is 24.3 Å². The minimum atomic E-state index is -0.540. The molecular formula is C14H22ClNO3. The average Bonchev–Trinajstić information content (AvgIpc) is 2.41. The maximum absolute atomic E-state index is 9.75. The molecule has 1 aromatic rings. The Morgan fingerprint density at radius 1 is 1.32 bits per heavy atom. The largest absolute Gasteiger partial charge is 0.389 e. The first-order valence-corrected chi connectivity index (χ1v) is 6.75. The monoisotopic (exact) mass is 287 g/mol. The van der Waals surface area contributed by atoms with Gasteiger partial charge in [0.25, 0.3) is 0 Å². The molecule has 4 nitrogen and oxygen atoms in total. The first-order valence-electron chi connectivity index (χ1n) is 6.37. The normalized spacial score (nSPS) is 14.3. The number of hydrogen-bond donors (Lipinski definition) is 2. The van der Waals surface area contributed by atoms with Crippen LogP contribution < -0.4 is 5.32 Å². The molecule has 0 radical (unpaired) electrons. The first kappa shape index (κ1) is 16.4. The minimum absolute atomic E-state index is 0.0855. The van der Waals surface area contributed by atoms with Gasteiger partial charge in [-0.25, -0.2) is 0 Å². The van der Waals surface area contributed by atoms with Gasteiger partial charge in [-0.2, -0.15) is 0 Å². The van der Waals surface area contributed by atoms with Crippen molar-refractivity contribution in [3.05, 3.63) is 34.9 Å². The summed E-state index contributed by atoms with van der Waals surface area (Å²) in [5, 5.41) is 13.7. The van der Waals surface area contributed by atoms with Gasteiger partial charge < -0.3 is 19.9 Å². The molecule has 108 valence electrons. The minimum Gasteiger partial charge on any atom is -0.389 e. The van der Waals surface area contributed by atoms with Crippen LogP contribution in [0.25, 0.3) is 0 Å². The summed E-state index contributed by atoms with van der Waals surface area (Å²) in [6, 6.07) is 7.77. The lowest BCUT2D eigenvalue weighted by Gasteiger charge is -2.18. The summed E-state index contributed by atoms with van der Waals surface area (Å²) in [6.45, 7) is 3.80. The predicted molar refractivity (Wildman–Crippen MR) is 76.6 cm³/mol. The van der Waals surface area contributed by atoms with E-state index in [9.17, 15) is 5.11 Å². The van der Waals surface area contributed by atoms with E-state index >= 15 is 0 Å². The van der Waals surface area contributed by atoms with Gasteiger partial charge in [-0.3, -0.25) is 0 Å². The topological polar surface area (TPSA) is 50.7 Å². The van der Waals surface area contributed by atoms with E-state index < -0.39 is 6.10 Å². The molecule has 0 saturated heterocycles. The van der Waals surface area contributed by atoms with Crippen LogP contribution in [0.5, 0.6) is 0 Å². The van der Waals surface area contributed by atoms with Crippen LogP contribution in [0.1, 0.15) is 18.5 Å². The van der Waals surface area contributed by atoms with Gasteiger partial charge in [0, 0.05) is 24.7 Å². The molecule has 2 atom stereocenters. The van der Waals surface area contributed by atoms with E-state index in [1.165, 1.54) is 0 Å². The average molecular weight is 288 g/mol. The smallest absolute Gasteiger partial charge is 0.0897 e. The lowest BCUT2D eigenvalue weighted by molar-refractivity contribution is 0.0130. The maximum atomic E-state index is 9.75. The lowest BCUT2D eigenvalue weighted by atomic mass is 10.1. The molecule has 0 aliphatic heterocycles. The molecule has 2 N–H and O–H groups in total. The van der Waals surface area contributed by atoms with E-state index in [1.54, 1.807) is 7.11 Å². The highest BCUT2D eigenvalue weighted by molar-refractivity contribution is 6.31. The van der Waals surface area contributed by atoms with Gasteiger partial charge in [0.1, 0.15) is 0 Å². The number of rotatable bonds is 9. The zero-order chi connectivity index (χ0) is 14.1. The van der Waals surface area contributed by atoms with Crippen molar-refractivity contribution in [1.82, 2.24) is 5.32 Å². The zero-order valence-electron chi connectivity index (χ0n) is 11.4. The third kappa shape index (κ3) is 6.36. The van der Waals surface area contributed by atoms with Crippen LogP contribution >= 0.6 is 11.6 Å². The Balaban J connectivity index is 2.26. The van der Waals surface area contributed by atoms with Gasteiger partial charge >= 0.3 is 0 Å². The quantitative estimate of drug-likeness (QED) is 0.682. The molecule has 0 aliphatic rings. The lowest BCUT2D eigenvalue weighted by Crippen LogP contribution is -2.32. The van der Waals surface area contributed by atoms with Crippen LogP contribution in [0.4, 0.5) is 0 Å². The fraction of sp³-hybridized carbons (Fsp3) is 0.571. The highest BCUT2D eigenvalue weighted by Crippen LogP contribution is 2.21. The van der Waals surface area contributed by atoms with E-state index in [1.807, 2.05) is 31.2 Å². The number of ether oxygens (including phenoxy) is 2. The van der Waals surface area contributed by atoms with Crippen molar-refractivity contribution in [1.29, 1.82) is 0 Å². The van der Waals surface area contributed by atoms with Crippen molar-refractivity contribution in [2.75, 3.05) is 33.5 Å². The standard InChI is InChI=1S/C14H22ClNO3/c1-11(13-5-3-4-6-14(13)15)16-9-12(17)10-19-8-7-18-2/h3-6,11-12,16-17H,7-10H2,1-2H3. The zero-order valence-corrected chi connectivity index (χ0v) is 12.2. The first-order chi connectivity index (χ1) is 9.15. The van der Waals surface area contributed by atoms with Gasteiger partial charge in [-0.1, -0.05) is 29.8 Å². The summed E-state index contributed by atoms with van der Waals surface area (Å²) in [6.07, 6.45) is -0.540. The van der Waals surface area contributed by atoms with Crippen molar-refractivity contribution in [2.24, 2.45) is 0 Å². The van der Waals surface area contributed by atoms with Crippen LogP contribution in [0, 0.1) is 0 Å². The highest BCUT2D eigenvalue weighted by Gasteiger charge is 2.11. The summed E-state index contributed by atoms with van der Waals surface area (Å²) in [5.74, 6) is 0. The molecule has 1 aromatic carbocycles. The number of halogens is 1. The molecule has 0 aromatic heterocycles. The molecule has 0 saturated carbocycles. The second-order valence-corrected chi connectivity index (χ2v) is 4.78. The van der Waals surface area contributed by atoms with Gasteiger partial charge in [0.2, 0.25) is 0 Å². The summed E-state index contributed by atoms with van der Waals surface area (Å²) < 4.78 is 10.1.